The molecule has 1 aromatic carbocycles. The minimum atomic E-state index is -0.373. The van der Waals surface area contributed by atoms with Crippen molar-refractivity contribution in [2.24, 2.45) is 5.92 Å². The molecule has 26 heavy (non-hydrogen) atoms. The Morgan fingerprint density at radius 1 is 1.31 bits per heavy atom. The third kappa shape index (κ3) is 3.96. The fourth-order valence-corrected chi connectivity index (χ4v) is 5.26. The molecule has 0 radical (unpaired) electrons. The predicted octanol–water partition coefficient (Wildman–Crippen LogP) is 5.02. The largest absolute Gasteiger partial charge is 0.465 e. The molecule has 1 heterocycles. The minimum absolute atomic E-state index is 0.199. The van der Waals surface area contributed by atoms with Gasteiger partial charge in [0.25, 0.3) is 5.91 Å². The highest BCUT2D eigenvalue weighted by Crippen LogP contribution is 2.40. The van der Waals surface area contributed by atoms with Crippen molar-refractivity contribution in [3.63, 3.8) is 0 Å². The zero-order chi connectivity index (χ0) is 18.7. The first-order valence-electron chi connectivity index (χ1n) is 8.80. The predicted molar refractivity (Wildman–Crippen MR) is 108 cm³/mol. The van der Waals surface area contributed by atoms with Crippen LogP contribution in [0.1, 0.15) is 51.4 Å². The quantitative estimate of drug-likeness (QED) is 0.576. The summed E-state index contributed by atoms with van der Waals surface area (Å²) < 4.78 is 4.97. The minimum Gasteiger partial charge on any atom is -0.465 e. The Hall–Kier alpha value is -1.79. The maximum atomic E-state index is 12.7. The molecule has 0 unspecified atom stereocenters. The van der Waals surface area contributed by atoms with E-state index in [2.05, 4.69) is 19.2 Å². The molecule has 0 fully saturated rings. The molecule has 6 heteroatoms. The topological polar surface area (TPSA) is 55.4 Å². The van der Waals surface area contributed by atoms with Crippen LogP contribution in [0.2, 0.25) is 0 Å². The van der Waals surface area contributed by atoms with Crippen molar-refractivity contribution in [1.82, 2.24) is 0 Å². The van der Waals surface area contributed by atoms with Gasteiger partial charge in [-0.05, 0) is 60.8 Å². The maximum absolute atomic E-state index is 12.7. The van der Waals surface area contributed by atoms with Crippen molar-refractivity contribution in [2.45, 2.75) is 38.0 Å². The van der Waals surface area contributed by atoms with E-state index < -0.39 is 0 Å². The standard InChI is InChI=1S/C20H23NO3S2/c1-4-25-14-8-6-13(7-9-14)18(22)21-19-17(20(23)24-3)15-10-5-12(2)11-16(15)26-19/h6-9,12H,4-5,10-11H2,1-3H3,(H,21,22)/t12-/m1/s1. The molecule has 4 nitrogen and oxygen atoms in total. The van der Waals surface area contributed by atoms with E-state index in [1.165, 1.54) is 23.3 Å². The SMILES string of the molecule is CCSc1ccc(C(=O)Nc2sc3c(c2C(=O)OC)CC[C@@H](C)C3)cc1. The number of benzene rings is 1. The number of amides is 1. The summed E-state index contributed by atoms with van der Waals surface area (Å²) in [5.41, 5.74) is 2.16. The van der Waals surface area contributed by atoms with Crippen LogP contribution in [0.25, 0.3) is 0 Å². The number of thioether (sulfide) groups is 1. The van der Waals surface area contributed by atoms with Crippen molar-refractivity contribution in [3.05, 3.63) is 45.8 Å². The lowest BCUT2D eigenvalue weighted by molar-refractivity contribution is 0.0601. The fourth-order valence-electron chi connectivity index (χ4n) is 3.20. The molecule has 1 aliphatic carbocycles. The molecule has 0 saturated carbocycles. The highest BCUT2D eigenvalue weighted by Gasteiger charge is 2.29. The van der Waals surface area contributed by atoms with Crippen LogP contribution >= 0.6 is 23.1 Å². The number of carbonyl (C=O) groups is 2. The molecule has 0 aliphatic heterocycles. The average Bonchev–Trinajstić information content (AvgIpc) is 2.98. The van der Waals surface area contributed by atoms with Gasteiger partial charge in [-0.3, -0.25) is 4.79 Å². The zero-order valence-electron chi connectivity index (χ0n) is 15.3. The number of nitrogens with one attached hydrogen (secondary N) is 1. The summed E-state index contributed by atoms with van der Waals surface area (Å²) in [5, 5.41) is 3.54. The van der Waals surface area contributed by atoms with Gasteiger partial charge < -0.3 is 10.1 Å². The monoisotopic (exact) mass is 389 g/mol. The summed E-state index contributed by atoms with van der Waals surface area (Å²) >= 11 is 3.24. The number of methoxy groups -OCH3 is 1. The Bertz CT molecular complexity index is 811. The van der Waals surface area contributed by atoms with Gasteiger partial charge in [-0.25, -0.2) is 4.79 Å². The second kappa shape index (κ2) is 8.27. The molecule has 1 aromatic heterocycles. The van der Waals surface area contributed by atoms with Gasteiger partial charge in [0.05, 0.1) is 12.7 Å². The molecule has 1 aliphatic rings. The van der Waals surface area contributed by atoms with E-state index in [1.807, 2.05) is 24.3 Å². The normalized spacial score (nSPS) is 16.0. The molecular weight excluding hydrogens is 366 g/mol. The van der Waals surface area contributed by atoms with E-state index in [9.17, 15) is 9.59 Å². The van der Waals surface area contributed by atoms with E-state index >= 15 is 0 Å². The van der Waals surface area contributed by atoms with Gasteiger partial charge in [0.15, 0.2) is 0 Å². The Kier molecular flexibility index (Phi) is 6.04. The van der Waals surface area contributed by atoms with Crippen molar-refractivity contribution in [3.8, 4) is 0 Å². The van der Waals surface area contributed by atoms with Gasteiger partial charge in [-0.2, -0.15) is 0 Å². The van der Waals surface area contributed by atoms with Crippen LogP contribution in [0.15, 0.2) is 29.2 Å². The number of ether oxygens (including phenoxy) is 1. The van der Waals surface area contributed by atoms with Crippen LogP contribution in [0, 0.1) is 5.92 Å². The van der Waals surface area contributed by atoms with Crippen LogP contribution in [0.4, 0.5) is 5.00 Å². The van der Waals surface area contributed by atoms with Crippen LogP contribution in [-0.4, -0.2) is 24.7 Å². The Balaban J connectivity index is 1.86. The third-order valence-corrected chi connectivity index (χ3v) is 6.62. The summed E-state index contributed by atoms with van der Waals surface area (Å²) in [6.07, 6.45) is 2.86. The Morgan fingerprint density at radius 2 is 2.04 bits per heavy atom. The first-order valence-corrected chi connectivity index (χ1v) is 10.6. The van der Waals surface area contributed by atoms with E-state index in [4.69, 9.17) is 4.74 Å². The van der Waals surface area contributed by atoms with Crippen molar-refractivity contribution in [1.29, 1.82) is 0 Å². The summed E-state index contributed by atoms with van der Waals surface area (Å²) in [6, 6.07) is 7.54. The van der Waals surface area contributed by atoms with Gasteiger partial charge in [0.2, 0.25) is 0 Å². The molecule has 3 rings (SSSR count). The van der Waals surface area contributed by atoms with Crippen molar-refractivity contribution < 1.29 is 14.3 Å². The number of fused-ring (bicyclic) bond motifs is 1. The number of hydrogen-bond donors (Lipinski definition) is 1. The number of carbonyl (C=O) groups excluding carboxylic acids is 2. The van der Waals surface area contributed by atoms with E-state index in [0.717, 1.165) is 35.5 Å². The fraction of sp³-hybridized carbons (Fsp3) is 0.400. The second-order valence-corrected chi connectivity index (χ2v) is 8.90. The van der Waals surface area contributed by atoms with Gasteiger partial charge in [-0.15, -0.1) is 23.1 Å². The number of esters is 1. The lowest BCUT2D eigenvalue weighted by Gasteiger charge is -2.18. The number of hydrogen-bond acceptors (Lipinski definition) is 5. The van der Waals surface area contributed by atoms with Gasteiger partial charge >= 0.3 is 5.97 Å². The average molecular weight is 390 g/mol. The molecule has 0 saturated heterocycles. The zero-order valence-corrected chi connectivity index (χ0v) is 16.9. The molecular formula is C20H23NO3S2. The molecule has 1 amide bonds. The number of rotatable bonds is 5. The lowest BCUT2D eigenvalue weighted by Crippen LogP contribution is -2.16. The van der Waals surface area contributed by atoms with Gasteiger partial charge in [0, 0.05) is 15.3 Å². The Morgan fingerprint density at radius 3 is 2.69 bits per heavy atom. The van der Waals surface area contributed by atoms with Crippen LogP contribution in [0.3, 0.4) is 0 Å². The van der Waals surface area contributed by atoms with E-state index in [0.29, 0.717) is 22.0 Å². The smallest absolute Gasteiger partial charge is 0.341 e. The third-order valence-electron chi connectivity index (χ3n) is 4.56. The maximum Gasteiger partial charge on any atom is 0.341 e. The van der Waals surface area contributed by atoms with Crippen LogP contribution in [-0.2, 0) is 17.6 Å². The van der Waals surface area contributed by atoms with Crippen LogP contribution in [0.5, 0.6) is 0 Å². The molecule has 0 spiro atoms. The highest BCUT2D eigenvalue weighted by atomic mass is 32.2. The second-order valence-electron chi connectivity index (χ2n) is 6.46. The first kappa shape index (κ1) is 19.0. The number of anilines is 1. The molecule has 0 bridgehead atoms. The summed E-state index contributed by atoms with van der Waals surface area (Å²) in [5.74, 6) is 1.02. The number of thiophene rings is 1. The van der Waals surface area contributed by atoms with Crippen molar-refractivity contribution >= 4 is 40.0 Å². The summed E-state index contributed by atoms with van der Waals surface area (Å²) in [7, 11) is 1.38. The van der Waals surface area contributed by atoms with Gasteiger partial charge in [-0.1, -0.05) is 13.8 Å². The van der Waals surface area contributed by atoms with Crippen molar-refractivity contribution in [2.75, 3.05) is 18.2 Å². The highest BCUT2D eigenvalue weighted by molar-refractivity contribution is 7.99. The molecule has 2 aromatic rings. The molecule has 1 atom stereocenters. The summed E-state index contributed by atoms with van der Waals surface area (Å²) in [6.45, 7) is 4.31. The first-order chi connectivity index (χ1) is 12.5. The molecule has 1 N–H and O–H groups in total. The Labute approximate surface area is 162 Å². The van der Waals surface area contributed by atoms with Gasteiger partial charge in [0.1, 0.15) is 5.00 Å². The van der Waals surface area contributed by atoms with E-state index in [-0.39, 0.29) is 11.9 Å². The van der Waals surface area contributed by atoms with E-state index in [1.54, 1.807) is 11.8 Å². The van der Waals surface area contributed by atoms with Crippen LogP contribution < -0.4 is 5.32 Å². The lowest BCUT2D eigenvalue weighted by atomic mass is 9.88. The molecule has 138 valence electrons. The summed E-state index contributed by atoms with van der Waals surface area (Å²) in [4.78, 5) is 27.3.